The number of carbonyl (C=O) groups is 1. The lowest BCUT2D eigenvalue weighted by Crippen LogP contribution is -2.16. The SMILES string of the molecule is CSCc1ccc(C(=O)Nc2ccccc2C(F)(F)F)cc1. The first-order chi connectivity index (χ1) is 10.4. The normalized spacial score (nSPS) is 11.3. The third-order valence-electron chi connectivity index (χ3n) is 3.01. The zero-order valence-electron chi connectivity index (χ0n) is 11.8. The van der Waals surface area contributed by atoms with Gasteiger partial charge in [0, 0.05) is 11.3 Å². The molecule has 0 saturated heterocycles. The Morgan fingerprint density at radius 2 is 1.73 bits per heavy atom. The van der Waals surface area contributed by atoms with Crippen LogP contribution in [0.25, 0.3) is 0 Å². The maximum atomic E-state index is 12.9. The van der Waals surface area contributed by atoms with Crippen LogP contribution in [-0.2, 0) is 11.9 Å². The van der Waals surface area contributed by atoms with Crippen LogP contribution < -0.4 is 5.32 Å². The number of hydrogen-bond acceptors (Lipinski definition) is 2. The van der Waals surface area contributed by atoms with Gasteiger partial charge in [-0.15, -0.1) is 0 Å². The molecule has 0 aliphatic heterocycles. The smallest absolute Gasteiger partial charge is 0.321 e. The molecule has 2 rings (SSSR count). The second kappa shape index (κ2) is 6.87. The summed E-state index contributed by atoms with van der Waals surface area (Å²) >= 11 is 1.65. The van der Waals surface area contributed by atoms with E-state index in [9.17, 15) is 18.0 Å². The third kappa shape index (κ3) is 4.04. The molecular formula is C16H14F3NOS. The Morgan fingerprint density at radius 3 is 2.32 bits per heavy atom. The van der Waals surface area contributed by atoms with Gasteiger partial charge in [0.1, 0.15) is 0 Å². The van der Waals surface area contributed by atoms with Gasteiger partial charge in [-0.1, -0.05) is 24.3 Å². The number of para-hydroxylation sites is 1. The first kappa shape index (κ1) is 16.4. The number of halogens is 3. The van der Waals surface area contributed by atoms with Crippen LogP contribution in [0.15, 0.2) is 48.5 Å². The minimum absolute atomic E-state index is 0.242. The van der Waals surface area contributed by atoms with Crippen molar-refractivity contribution < 1.29 is 18.0 Å². The van der Waals surface area contributed by atoms with E-state index in [4.69, 9.17) is 0 Å². The Kier molecular flexibility index (Phi) is 5.13. The van der Waals surface area contributed by atoms with Gasteiger partial charge in [-0.25, -0.2) is 0 Å². The lowest BCUT2D eigenvalue weighted by atomic mass is 10.1. The Morgan fingerprint density at radius 1 is 1.09 bits per heavy atom. The van der Waals surface area contributed by atoms with Gasteiger partial charge in [0.05, 0.1) is 11.3 Å². The summed E-state index contributed by atoms with van der Waals surface area (Å²) in [5.74, 6) is 0.256. The number of amides is 1. The summed E-state index contributed by atoms with van der Waals surface area (Å²) in [6.07, 6.45) is -2.54. The van der Waals surface area contributed by atoms with Crippen molar-refractivity contribution in [1.82, 2.24) is 0 Å². The molecule has 0 aliphatic rings. The molecule has 0 heterocycles. The standard InChI is InChI=1S/C16H14F3NOS/c1-22-10-11-6-8-12(9-7-11)15(21)20-14-5-3-2-4-13(14)16(17,18)19/h2-9H,10H2,1H3,(H,20,21). The van der Waals surface area contributed by atoms with E-state index in [0.29, 0.717) is 5.56 Å². The van der Waals surface area contributed by atoms with Crippen LogP contribution in [0, 0.1) is 0 Å². The first-order valence-corrected chi connectivity index (χ1v) is 7.86. The summed E-state index contributed by atoms with van der Waals surface area (Å²) in [6, 6.07) is 11.7. The highest BCUT2D eigenvalue weighted by Crippen LogP contribution is 2.34. The predicted molar refractivity (Wildman–Crippen MR) is 83.1 cm³/mol. The summed E-state index contributed by atoms with van der Waals surface area (Å²) in [7, 11) is 0. The monoisotopic (exact) mass is 325 g/mol. The van der Waals surface area contributed by atoms with Gasteiger partial charge >= 0.3 is 6.18 Å². The number of hydrogen-bond donors (Lipinski definition) is 1. The van der Waals surface area contributed by atoms with Crippen LogP contribution in [0.3, 0.4) is 0 Å². The molecule has 0 aliphatic carbocycles. The van der Waals surface area contributed by atoms with Crippen LogP contribution in [0.5, 0.6) is 0 Å². The number of thioether (sulfide) groups is 1. The molecule has 0 aromatic heterocycles. The summed E-state index contributed by atoms with van der Waals surface area (Å²) in [6.45, 7) is 0. The van der Waals surface area contributed by atoms with Gasteiger partial charge in [0.15, 0.2) is 0 Å². The largest absolute Gasteiger partial charge is 0.418 e. The first-order valence-electron chi connectivity index (χ1n) is 6.47. The summed E-state index contributed by atoms with van der Waals surface area (Å²) in [4.78, 5) is 12.1. The van der Waals surface area contributed by atoms with Crippen molar-refractivity contribution in [1.29, 1.82) is 0 Å². The molecule has 1 amide bonds. The van der Waals surface area contributed by atoms with E-state index in [1.807, 2.05) is 6.26 Å². The van der Waals surface area contributed by atoms with Crippen molar-refractivity contribution >= 4 is 23.4 Å². The van der Waals surface area contributed by atoms with Gasteiger partial charge in [0.25, 0.3) is 5.91 Å². The Labute approximate surface area is 130 Å². The summed E-state index contributed by atoms with van der Waals surface area (Å²) in [5, 5.41) is 2.32. The number of alkyl halides is 3. The minimum atomic E-state index is -4.51. The lowest BCUT2D eigenvalue weighted by Gasteiger charge is -2.13. The zero-order valence-corrected chi connectivity index (χ0v) is 12.6. The van der Waals surface area contributed by atoms with Crippen LogP contribution in [-0.4, -0.2) is 12.2 Å². The Hall–Kier alpha value is -1.95. The van der Waals surface area contributed by atoms with E-state index >= 15 is 0 Å². The minimum Gasteiger partial charge on any atom is -0.321 e. The van der Waals surface area contributed by atoms with Crippen molar-refractivity contribution in [3.05, 3.63) is 65.2 Å². The van der Waals surface area contributed by atoms with Crippen molar-refractivity contribution in [2.75, 3.05) is 11.6 Å². The predicted octanol–water partition coefficient (Wildman–Crippen LogP) is 4.82. The second-order valence-corrected chi connectivity index (χ2v) is 5.49. The molecule has 0 atom stereocenters. The third-order valence-corrected chi connectivity index (χ3v) is 3.63. The molecule has 0 fully saturated rings. The molecule has 6 heteroatoms. The molecule has 0 radical (unpaired) electrons. The number of anilines is 1. The van der Waals surface area contributed by atoms with Gasteiger partial charge in [0.2, 0.25) is 0 Å². The average Bonchev–Trinajstić information content (AvgIpc) is 2.48. The maximum Gasteiger partial charge on any atom is 0.418 e. The van der Waals surface area contributed by atoms with Gasteiger partial charge < -0.3 is 5.32 Å². The van der Waals surface area contributed by atoms with Crippen molar-refractivity contribution in [3.63, 3.8) is 0 Å². The number of benzene rings is 2. The Balaban J connectivity index is 2.19. The van der Waals surface area contributed by atoms with E-state index in [2.05, 4.69) is 5.32 Å². The Bertz CT molecular complexity index is 653. The molecular weight excluding hydrogens is 311 g/mol. The fraction of sp³-hybridized carbons (Fsp3) is 0.188. The fourth-order valence-electron chi connectivity index (χ4n) is 1.95. The van der Waals surface area contributed by atoms with Crippen molar-refractivity contribution in [3.8, 4) is 0 Å². The molecule has 0 spiro atoms. The van der Waals surface area contributed by atoms with Gasteiger partial charge in [-0.05, 0) is 36.1 Å². The van der Waals surface area contributed by atoms with Crippen molar-refractivity contribution in [2.24, 2.45) is 0 Å². The van der Waals surface area contributed by atoms with Crippen LogP contribution in [0.1, 0.15) is 21.5 Å². The average molecular weight is 325 g/mol. The van der Waals surface area contributed by atoms with E-state index in [1.54, 1.807) is 36.0 Å². The van der Waals surface area contributed by atoms with E-state index in [-0.39, 0.29) is 5.69 Å². The van der Waals surface area contributed by atoms with Crippen LogP contribution >= 0.6 is 11.8 Å². The van der Waals surface area contributed by atoms with E-state index < -0.39 is 17.6 Å². The van der Waals surface area contributed by atoms with Crippen LogP contribution in [0.2, 0.25) is 0 Å². The molecule has 1 N–H and O–H groups in total. The van der Waals surface area contributed by atoms with Crippen molar-refractivity contribution in [2.45, 2.75) is 11.9 Å². The highest BCUT2D eigenvalue weighted by molar-refractivity contribution is 7.97. The second-order valence-electron chi connectivity index (χ2n) is 4.63. The highest BCUT2D eigenvalue weighted by Gasteiger charge is 2.33. The highest BCUT2D eigenvalue weighted by atomic mass is 32.2. The van der Waals surface area contributed by atoms with E-state index in [1.165, 1.54) is 18.2 Å². The number of rotatable bonds is 4. The molecule has 2 aromatic rings. The molecule has 22 heavy (non-hydrogen) atoms. The topological polar surface area (TPSA) is 29.1 Å². The van der Waals surface area contributed by atoms with Gasteiger partial charge in [-0.3, -0.25) is 4.79 Å². The molecule has 0 saturated carbocycles. The molecule has 2 aromatic carbocycles. The summed E-state index contributed by atoms with van der Waals surface area (Å²) < 4.78 is 38.7. The zero-order chi connectivity index (χ0) is 16.2. The van der Waals surface area contributed by atoms with Gasteiger partial charge in [-0.2, -0.15) is 24.9 Å². The lowest BCUT2D eigenvalue weighted by molar-refractivity contribution is -0.136. The maximum absolute atomic E-state index is 12.9. The quantitative estimate of drug-likeness (QED) is 0.873. The molecule has 116 valence electrons. The molecule has 2 nitrogen and oxygen atoms in total. The fourth-order valence-corrected chi connectivity index (χ4v) is 2.48. The van der Waals surface area contributed by atoms with Crippen LogP contribution in [0.4, 0.5) is 18.9 Å². The molecule has 0 unspecified atom stereocenters. The van der Waals surface area contributed by atoms with E-state index in [0.717, 1.165) is 17.4 Å². The molecule has 0 bridgehead atoms. The number of carbonyl (C=O) groups excluding carboxylic acids is 1. The summed E-state index contributed by atoms with van der Waals surface area (Å²) in [5.41, 5.74) is 0.275. The number of nitrogens with one attached hydrogen (secondary N) is 1.